The van der Waals surface area contributed by atoms with Gasteiger partial charge in [0.25, 0.3) is 0 Å². The number of methoxy groups -OCH3 is 1. The van der Waals surface area contributed by atoms with Crippen LogP contribution in [-0.4, -0.2) is 41.8 Å². The Morgan fingerprint density at radius 2 is 2.31 bits per heavy atom. The molecule has 13 heavy (non-hydrogen) atoms. The van der Waals surface area contributed by atoms with Gasteiger partial charge in [-0.1, -0.05) is 12.2 Å². The van der Waals surface area contributed by atoms with Gasteiger partial charge in [-0.25, -0.2) is 9.59 Å². The second-order valence-electron chi connectivity index (χ2n) is 2.66. The summed E-state index contributed by atoms with van der Waals surface area (Å²) in [6.07, 6.45) is 3.30. The molecule has 0 aromatic heterocycles. The van der Waals surface area contributed by atoms with E-state index in [4.69, 9.17) is 5.11 Å². The van der Waals surface area contributed by atoms with Crippen molar-refractivity contribution in [3.05, 3.63) is 12.2 Å². The standard InChI is InChI=1S/C8H11NO4/c1-13-8(12)9-5-3-2-4-6(9)7(10)11/h2,4,6H,3,5H2,1H3,(H,10,11). The van der Waals surface area contributed by atoms with E-state index in [1.807, 2.05) is 0 Å². The molecule has 0 saturated carbocycles. The number of hydrogen-bond donors (Lipinski definition) is 1. The van der Waals surface area contributed by atoms with Crippen LogP contribution in [0.1, 0.15) is 6.42 Å². The maximum absolute atomic E-state index is 11.1. The number of rotatable bonds is 1. The monoisotopic (exact) mass is 185 g/mol. The van der Waals surface area contributed by atoms with Gasteiger partial charge in [0.1, 0.15) is 0 Å². The number of amides is 1. The topological polar surface area (TPSA) is 66.8 Å². The Kier molecular flexibility index (Phi) is 2.89. The van der Waals surface area contributed by atoms with Crippen molar-refractivity contribution < 1.29 is 19.4 Å². The van der Waals surface area contributed by atoms with Crippen LogP contribution in [0.3, 0.4) is 0 Å². The van der Waals surface area contributed by atoms with E-state index in [0.717, 1.165) is 0 Å². The van der Waals surface area contributed by atoms with Crippen molar-refractivity contribution in [1.82, 2.24) is 4.90 Å². The van der Waals surface area contributed by atoms with Gasteiger partial charge in [0.2, 0.25) is 0 Å². The molecule has 1 heterocycles. The molecule has 0 saturated heterocycles. The molecular formula is C8H11NO4. The minimum atomic E-state index is -1.04. The number of carbonyl (C=O) groups excluding carboxylic acids is 1. The van der Waals surface area contributed by atoms with Gasteiger partial charge in [-0.05, 0) is 6.42 Å². The summed E-state index contributed by atoms with van der Waals surface area (Å²) >= 11 is 0. The fourth-order valence-electron chi connectivity index (χ4n) is 1.22. The highest BCUT2D eigenvalue weighted by Crippen LogP contribution is 2.11. The van der Waals surface area contributed by atoms with Crippen LogP contribution < -0.4 is 0 Å². The molecule has 0 aromatic rings. The van der Waals surface area contributed by atoms with Crippen molar-refractivity contribution in [3.63, 3.8) is 0 Å². The van der Waals surface area contributed by atoms with Crippen LogP contribution in [0, 0.1) is 0 Å². The minimum absolute atomic E-state index is 0.389. The molecule has 5 heteroatoms. The third-order valence-electron chi connectivity index (χ3n) is 1.85. The summed E-state index contributed by atoms with van der Waals surface area (Å²) in [4.78, 5) is 23.0. The number of carbonyl (C=O) groups is 2. The Morgan fingerprint density at radius 3 is 2.85 bits per heavy atom. The fourth-order valence-corrected chi connectivity index (χ4v) is 1.22. The third-order valence-corrected chi connectivity index (χ3v) is 1.85. The van der Waals surface area contributed by atoms with Gasteiger partial charge < -0.3 is 9.84 Å². The van der Waals surface area contributed by atoms with Crippen LogP contribution in [0.15, 0.2) is 12.2 Å². The molecule has 1 rings (SSSR count). The van der Waals surface area contributed by atoms with Gasteiger partial charge >= 0.3 is 12.1 Å². The number of nitrogens with zero attached hydrogens (tertiary/aromatic N) is 1. The van der Waals surface area contributed by atoms with Crippen LogP contribution in [0.25, 0.3) is 0 Å². The van der Waals surface area contributed by atoms with E-state index in [1.165, 1.54) is 18.1 Å². The highest BCUT2D eigenvalue weighted by atomic mass is 16.5. The molecule has 5 nitrogen and oxygen atoms in total. The third kappa shape index (κ3) is 1.99. The van der Waals surface area contributed by atoms with E-state index >= 15 is 0 Å². The Bertz CT molecular complexity index is 249. The predicted molar refractivity (Wildman–Crippen MR) is 44.3 cm³/mol. The Hall–Kier alpha value is -1.52. The van der Waals surface area contributed by atoms with Gasteiger partial charge in [-0.3, -0.25) is 4.90 Å². The lowest BCUT2D eigenvalue weighted by molar-refractivity contribution is -0.141. The lowest BCUT2D eigenvalue weighted by Crippen LogP contribution is -2.45. The number of aliphatic carboxylic acids is 1. The second kappa shape index (κ2) is 3.93. The summed E-state index contributed by atoms with van der Waals surface area (Å²) < 4.78 is 4.46. The molecule has 0 aromatic carbocycles. The van der Waals surface area contributed by atoms with Crippen LogP contribution in [0.5, 0.6) is 0 Å². The SMILES string of the molecule is COC(=O)N1CCC=CC1C(=O)O. The lowest BCUT2D eigenvalue weighted by atomic mass is 10.1. The molecule has 0 fully saturated rings. The van der Waals surface area contributed by atoms with Crippen LogP contribution in [-0.2, 0) is 9.53 Å². The zero-order valence-electron chi connectivity index (χ0n) is 7.27. The summed E-state index contributed by atoms with van der Waals surface area (Å²) in [5, 5.41) is 8.75. The van der Waals surface area contributed by atoms with Crippen molar-refractivity contribution in [1.29, 1.82) is 0 Å². The van der Waals surface area contributed by atoms with E-state index in [1.54, 1.807) is 6.08 Å². The zero-order valence-corrected chi connectivity index (χ0v) is 7.27. The average Bonchev–Trinajstić information content (AvgIpc) is 2.16. The van der Waals surface area contributed by atoms with Gasteiger partial charge in [-0.2, -0.15) is 0 Å². The molecule has 1 N–H and O–H groups in total. The number of hydrogen-bond acceptors (Lipinski definition) is 3. The number of ether oxygens (including phenoxy) is 1. The first kappa shape index (κ1) is 9.57. The molecule has 72 valence electrons. The molecular weight excluding hydrogens is 174 g/mol. The van der Waals surface area contributed by atoms with E-state index in [0.29, 0.717) is 13.0 Å². The average molecular weight is 185 g/mol. The highest BCUT2D eigenvalue weighted by Gasteiger charge is 2.29. The largest absolute Gasteiger partial charge is 0.479 e. The van der Waals surface area contributed by atoms with Crippen molar-refractivity contribution in [3.8, 4) is 0 Å². The fraction of sp³-hybridized carbons (Fsp3) is 0.500. The summed E-state index contributed by atoms with van der Waals surface area (Å²) in [7, 11) is 1.24. The first-order chi connectivity index (χ1) is 6.16. The Morgan fingerprint density at radius 1 is 1.62 bits per heavy atom. The second-order valence-corrected chi connectivity index (χ2v) is 2.66. The number of carboxylic acids is 1. The molecule has 0 radical (unpaired) electrons. The van der Waals surface area contributed by atoms with Gasteiger partial charge in [-0.15, -0.1) is 0 Å². The van der Waals surface area contributed by atoms with Crippen LogP contribution in [0.2, 0.25) is 0 Å². The van der Waals surface area contributed by atoms with Crippen molar-refractivity contribution in [2.75, 3.05) is 13.7 Å². The molecule has 1 amide bonds. The maximum atomic E-state index is 11.1. The van der Waals surface area contributed by atoms with Crippen molar-refractivity contribution in [2.45, 2.75) is 12.5 Å². The van der Waals surface area contributed by atoms with Gasteiger partial charge in [0.05, 0.1) is 7.11 Å². The molecule has 0 spiro atoms. The molecule has 0 aliphatic carbocycles. The molecule has 1 unspecified atom stereocenters. The molecule has 0 bridgehead atoms. The van der Waals surface area contributed by atoms with Gasteiger partial charge in [0.15, 0.2) is 6.04 Å². The smallest absolute Gasteiger partial charge is 0.410 e. The van der Waals surface area contributed by atoms with E-state index in [-0.39, 0.29) is 0 Å². The van der Waals surface area contributed by atoms with Crippen LogP contribution >= 0.6 is 0 Å². The van der Waals surface area contributed by atoms with Crippen molar-refractivity contribution in [2.24, 2.45) is 0 Å². The maximum Gasteiger partial charge on any atom is 0.410 e. The van der Waals surface area contributed by atoms with E-state index in [9.17, 15) is 9.59 Å². The number of carboxylic acid groups (broad SMARTS) is 1. The van der Waals surface area contributed by atoms with E-state index < -0.39 is 18.1 Å². The normalized spacial score (nSPS) is 21.3. The minimum Gasteiger partial charge on any atom is -0.479 e. The molecule has 1 aliphatic rings. The predicted octanol–water partition coefficient (Wildman–Crippen LogP) is 0.468. The van der Waals surface area contributed by atoms with E-state index in [2.05, 4.69) is 4.74 Å². The summed E-state index contributed by atoms with van der Waals surface area (Å²) in [5.41, 5.74) is 0. The summed E-state index contributed by atoms with van der Waals surface area (Å²) in [6.45, 7) is 0.389. The zero-order chi connectivity index (χ0) is 9.84. The quantitative estimate of drug-likeness (QED) is 0.603. The van der Waals surface area contributed by atoms with Gasteiger partial charge in [0, 0.05) is 6.54 Å². The Balaban J connectivity index is 2.77. The highest BCUT2D eigenvalue weighted by molar-refractivity contribution is 5.82. The summed E-state index contributed by atoms with van der Waals surface area (Å²) in [6, 6.07) is -0.888. The molecule has 1 aliphatic heterocycles. The summed E-state index contributed by atoms with van der Waals surface area (Å²) in [5.74, 6) is -1.04. The van der Waals surface area contributed by atoms with Crippen LogP contribution in [0.4, 0.5) is 4.79 Å². The first-order valence-electron chi connectivity index (χ1n) is 3.91. The van der Waals surface area contributed by atoms with Crippen molar-refractivity contribution >= 4 is 12.1 Å². The Labute approximate surface area is 75.6 Å². The first-order valence-corrected chi connectivity index (χ1v) is 3.91. The molecule has 1 atom stereocenters. The lowest BCUT2D eigenvalue weighted by Gasteiger charge is -2.27.